The van der Waals surface area contributed by atoms with Crippen LogP contribution in [0.15, 0.2) is 47.8 Å². The van der Waals surface area contributed by atoms with Gasteiger partial charge in [-0.05, 0) is 46.2 Å². The summed E-state index contributed by atoms with van der Waals surface area (Å²) in [6, 6.07) is 15.6. The summed E-state index contributed by atoms with van der Waals surface area (Å²) >= 11 is 1.80. The van der Waals surface area contributed by atoms with Crippen LogP contribution in [0.4, 0.5) is 11.4 Å². The summed E-state index contributed by atoms with van der Waals surface area (Å²) in [5.41, 5.74) is 5.41. The highest BCUT2D eigenvalue weighted by Crippen LogP contribution is 2.36. The summed E-state index contributed by atoms with van der Waals surface area (Å²) in [5.74, 6) is 0. The van der Waals surface area contributed by atoms with Crippen LogP contribution in [0.5, 0.6) is 0 Å². The summed E-state index contributed by atoms with van der Waals surface area (Å²) in [7, 11) is 0. The number of rotatable bonds is 2. The second-order valence-electron chi connectivity index (χ2n) is 8.57. The van der Waals surface area contributed by atoms with Gasteiger partial charge in [-0.25, -0.2) is 0 Å². The molecule has 0 saturated heterocycles. The van der Waals surface area contributed by atoms with Gasteiger partial charge in [0.1, 0.15) is 0 Å². The summed E-state index contributed by atoms with van der Waals surface area (Å²) in [6.45, 7) is 13.5. The average molecular weight is 338 g/mol. The van der Waals surface area contributed by atoms with Gasteiger partial charge >= 0.3 is 0 Å². The zero-order valence-corrected chi connectivity index (χ0v) is 16.3. The number of anilines is 2. The molecule has 1 heterocycles. The maximum atomic E-state index is 3.63. The molecule has 126 valence electrons. The Labute approximate surface area is 149 Å². The molecule has 0 bridgehead atoms. The van der Waals surface area contributed by atoms with Gasteiger partial charge in [0.25, 0.3) is 0 Å². The largest absolute Gasteiger partial charge is 0.354 e. The molecule has 0 aliphatic heterocycles. The van der Waals surface area contributed by atoms with Crippen LogP contribution in [0, 0.1) is 0 Å². The summed E-state index contributed by atoms with van der Waals surface area (Å²) in [6.07, 6.45) is 0. The van der Waals surface area contributed by atoms with E-state index in [0.717, 1.165) is 5.69 Å². The second kappa shape index (κ2) is 5.93. The van der Waals surface area contributed by atoms with Crippen molar-refractivity contribution >= 4 is 32.8 Å². The number of fused-ring (bicyclic) bond motifs is 1. The monoisotopic (exact) mass is 337 g/mol. The number of nitrogens with one attached hydrogen (secondary N) is 1. The normalized spacial score (nSPS) is 12.6. The van der Waals surface area contributed by atoms with E-state index in [0.29, 0.717) is 0 Å². The molecule has 1 N–H and O–H groups in total. The van der Waals surface area contributed by atoms with E-state index in [1.807, 2.05) is 0 Å². The minimum absolute atomic E-state index is 0.161. The Kier molecular flexibility index (Phi) is 4.21. The van der Waals surface area contributed by atoms with E-state index in [4.69, 9.17) is 0 Å². The number of hydrogen-bond donors (Lipinski definition) is 1. The lowest BCUT2D eigenvalue weighted by molar-refractivity contribution is 0.590. The Morgan fingerprint density at radius 3 is 2.12 bits per heavy atom. The quantitative estimate of drug-likeness (QED) is 0.519. The zero-order valence-electron chi connectivity index (χ0n) is 15.5. The minimum atomic E-state index is 0.161. The molecule has 0 atom stereocenters. The highest BCUT2D eigenvalue weighted by molar-refractivity contribution is 7.17. The molecule has 2 heteroatoms. The Balaban J connectivity index is 1.99. The Morgan fingerprint density at radius 2 is 1.46 bits per heavy atom. The first-order valence-corrected chi connectivity index (χ1v) is 9.42. The van der Waals surface area contributed by atoms with Crippen molar-refractivity contribution in [2.75, 3.05) is 5.32 Å². The molecule has 2 aromatic carbocycles. The van der Waals surface area contributed by atoms with Crippen LogP contribution >= 0.6 is 11.3 Å². The lowest BCUT2D eigenvalue weighted by Gasteiger charge is -2.20. The Hall–Kier alpha value is -1.80. The molecule has 0 fully saturated rings. The van der Waals surface area contributed by atoms with E-state index in [2.05, 4.69) is 94.7 Å². The smallest absolute Gasteiger partial charge is 0.0573 e. The van der Waals surface area contributed by atoms with Crippen LogP contribution in [0.1, 0.15) is 52.7 Å². The van der Waals surface area contributed by atoms with Crippen LogP contribution in [0.25, 0.3) is 10.1 Å². The van der Waals surface area contributed by atoms with Gasteiger partial charge in [-0.1, -0.05) is 59.7 Å². The molecule has 3 aromatic rings. The Bertz CT molecular complexity index is 860. The average Bonchev–Trinajstić information content (AvgIpc) is 2.88. The fraction of sp³-hybridized carbons (Fsp3) is 0.364. The van der Waals surface area contributed by atoms with Crippen molar-refractivity contribution in [3.63, 3.8) is 0 Å². The number of hydrogen-bond acceptors (Lipinski definition) is 2. The van der Waals surface area contributed by atoms with Crippen molar-refractivity contribution in [3.05, 3.63) is 59.0 Å². The van der Waals surface area contributed by atoms with Crippen molar-refractivity contribution < 1.29 is 0 Å². The molecule has 0 spiro atoms. The Morgan fingerprint density at radius 1 is 0.792 bits per heavy atom. The topological polar surface area (TPSA) is 12.0 Å². The predicted octanol–water partition coefficient (Wildman–Crippen LogP) is 7.24. The zero-order chi connectivity index (χ0) is 17.5. The van der Waals surface area contributed by atoms with Gasteiger partial charge in [0.2, 0.25) is 0 Å². The molecule has 0 radical (unpaired) electrons. The molecule has 0 amide bonds. The highest BCUT2D eigenvalue weighted by atomic mass is 32.1. The van der Waals surface area contributed by atoms with Crippen LogP contribution < -0.4 is 5.32 Å². The molecule has 1 aromatic heterocycles. The van der Waals surface area contributed by atoms with Crippen molar-refractivity contribution in [3.8, 4) is 0 Å². The summed E-state index contributed by atoms with van der Waals surface area (Å²) in [4.78, 5) is 0. The lowest BCUT2D eigenvalue weighted by Crippen LogP contribution is -2.11. The third kappa shape index (κ3) is 3.49. The van der Waals surface area contributed by atoms with Gasteiger partial charge in [0.15, 0.2) is 0 Å². The van der Waals surface area contributed by atoms with E-state index in [9.17, 15) is 0 Å². The van der Waals surface area contributed by atoms with Gasteiger partial charge in [-0.15, -0.1) is 11.3 Å². The van der Waals surface area contributed by atoms with Gasteiger partial charge in [0, 0.05) is 21.2 Å². The van der Waals surface area contributed by atoms with Crippen molar-refractivity contribution in [1.82, 2.24) is 0 Å². The fourth-order valence-electron chi connectivity index (χ4n) is 2.81. The first kappa shape index (κ1) is 17.0. The fourth-order valence-corrected chi connectivity index (χ4v) is 3.68. The van der Waals surface area contributed by atoms with Crippen LogP contribution in [-0.4, -0.2) is 0 Å². The maximum absolute atomic E-state index is 3.63. The first-order valence-electron chi connectivity index (χ1n) is 8.54. The molecule has 3 rings (SSSR count). The second-order valence-corrected chi connectivity index (χ2v) is 9.48. The molecule has 0 aliphatic carbocycles. The molecular weight excluding hydrogens is 310 g/mol. The van der Waals surface area contributed by atoms with E-state index >= 15 is 0 Å². The SMILES string of the molecule is CC(C)(C)c1cccc(Nc2csc3ccc(C(C)(C)C)cc23)c1. The van der Waals surface area contributed by atoms with Crippen LogP contribution in [-0.2, 0) is 10.8 Å². The van der Waals surface area contributed by atoms with E-state index < -0.39 is 0 Å². The third-order valence-corrected chi connectivity index (χ3v) is 5.41. The van der Waals surface area contributed by atoms with Crippen LogP contribution in [0.2, 0.25) is 0 Å². The molecular formula is C22H27NS. The molecule has 0 saturated carbocycles. The molecule has 24 heavy (non-hydrogen) atoms. The lowest BCUT2D eigenvalue weighted by atomic mass is 9.86. The van der Waals surface area contributed by atoms with Crippen molar-refractivity contribution in [1.29, 1.82) is 0 Å². The van der Waals surface area contributed by atoms with E-state index in [1.165, 1.54) is 26.9 Å². The first-order chi connectivity index (χ1) is 11.1. The summed E-state index contributed by atoms with van der Waals surface area (Å²) < 4.78 is 1.33. The van der Waals surface area contributed by atoms with Gasteiger partial charge in [0.05, 0.1) is 5.69 Å². The standard InChI is InChI=1S/C22H27NS/c1-21(2,3)15-8-7-9-17(12-15)23-19-14-24-20-11-10-16(13-18(19)20)22(4,5)6/h7-14,23H,1-6H3. The van der Waals surface area contributed by atoms with Gasteiger partial charge in [-0.2, -0.15) is 0 Å². The van der Waals surface area contributed by atoms with Gasteiger partial charge in [-0.3, -0.25) is 0 Å². The van der Waals surface area contributed by atoms with Crippen molar-refractivity contribution in [2.45, 2.75) is 52.4 Å². The minimum Gasteiger partial charge on any atom is -0.354 e. The number of thiophene rings is 1. The third-order valence-electron chi connectivity index (χ3n) is 4.45. The molecule has 0 aliphatic rings. The predicted molar refractivity (Wildman–Crippen MR) is 109 cm³/mol. The summed E-state index contributed by atoms with van der Waals surface area (Å²) in [5, 5.41) is 7.17. The highest BCUT2D eigenvalue weighted by Gasteiger charge is 2.16. The molecule has 1 nitrogen and oxygen atoms in total. The van der Waals surface area contributed by atoms with E-state index in [-0.39, 0.29) is 10.8 Å². The van der Waals surface area contributed by atoms with E-state index in [1.54, 1.807) is 11.3 Å². The van der Waals surface area contributed by atoms with Crippen LogP contribution in [0.3, 0.4) is 0 Å². The maximum Gasteiger partial charge on any atom is 0.0573 e. The van der Waals surface area contributed by atoms with Gasteiger partial charge < -0.3 is 5.32 Å². The number of benzene rings is 2. The van der Waals surface area contributed by atoms with Crippen molar-refractivity contribution in [2.24, 2.45) is 0 Å². The molecule has 0 unspecified atom stereocenters.